The summed E-state index contributed by atoms with van der Waals surface area (Å²) >= 11 is 0. The van der Waals surface area contributed by atoms with Crippen molar-refractivity contribution in [2.75, 3.05) is 11.1 Å². The number of anilines is 2. The van der Waals surface area contributed by atoms with Crippen molar-refractivity contribution in [2.24, 2.45) is 5.10 Å². The van der Waals surface area contributed by atoms with Gasteiger partial charge in [0.25, 0.3) is 5.91 Å². The van der Waals surface area contributed by atoms with E-state index in [1.54, 1.807) is 6.21 Å². The number of amides is 1. The highest BCUT2D eigenvalue weighted by molar-refractivity contribution is 6.16. The first-order valence-corrected chi connectivity index (χ1v) is 11.9. The Labute approximate surface area is 209 Å². The standard InChI is InChI=1S/C29H28N6O/c1-17(2)21-11-9-20(10-12-21)16-31-35-27(30)25(29(36)32-22-14-18(3)13-19(4)15-22)26-28(35)34-24-8-6-5-7-23(24)33-26/h5-17H,30H2,1-4H3,(H,32,36)/b31-16+. The quantitative estimate of drug-likeness (QED) is 0.302. The number of para-hydroxylation sites is 2. The number of nitrogens with zero attached hydrogens (tertiary/aromatic N) is 4. The van der Waals surface area contributed by atoms with Gasteiger partial charge in [-0.15, -0.1) is 0 Å². The lowest BCUT2D eigenvalue weighted by atomic mass is 10.0. The van der Waals surface area contributed by atoms with E-state index < -0.39 is 0 Å². The molecule has 0 saturated heterocycles. The maximum atomic E-state index is 13.5. The van der Waals surface area contributed by atoms with E-state index >= 15 is 0 Å². The number of nitrogen functional groups attached to an aromatic ring is 1. The molecule has 5 rings (SSSR count). The number of hydrogen-bond donors (Lipinski definition) is 2. The van der Waals surface area contributed by atoms with Crippen LogP contribution in [0.2, 0.25) is 0 Å². The number of carbonyl (C=O) groups excluding carboxylic acids is 1. The lowest BCUT2D eigenvalue weighted by molar-refractivity contribution is 0.102. The summed E-state index contributed by atoms with van der Waals surface area (Å²) < 4.78 is 1.49. The van der Waals surface area contributed by atoms with Gasteiger partial charge in [0.2, 0.25) is 0 Å². The number of carbonyl (C=O) groups is 1. The number of benzene rings is 3. The Balaban J connectivity index is 1.62. The van der Waals surface area contributed by atoms with Gasteiger partial charge in [0.15, 0.2) is 5.65 Å². The number of nitrogens with two attached hydrogens (primary N) is 1. The minimum Gasteiger partial charge on any atom is -0.383 e. The van der Waals surface area contributed by atoms with E-state index in [4.69, 9.17) is 15.7 Å². The lowest BCUT2D eigenvalue weighted by Crippen LogP contribution is -2.14. The van der Waals surface area contributed by atoms with Gasteiger partial charge in [0.05, 0.1) is 17.2 Å². The fourth-order valence-corrected chi connectivity index (χ4v) is 4.32. The highest BCUT2D eigenvalue weighted by Crippen LogP contribution is 2.29. The molecule has 0 unspecified atom stereocenters. The van der Waals surface area contributed by atoms with Crippen molar-refractivity contribution >= 4 is 45.8 Å². The van der Waals surface area contributed by atoms with Gasteiger partial charge in [-0.05, 0) is 66.3 Å². The van der Waals surface area contributed by atoms with Crippen molar-refractivity contribution in [3.05, 3.63) is 94.5 Å². The van der Waals surface area contributed by atoms with Crippen LogP contribution in [0, 0.1) is 13.8 Å². The molecule has 0 aliphatic heterocycles. The van der Waals surface area contributed by atoms with E-state index in [2.05, 4.69) is 42.5 Å². The van der Waals surface area contributed by atoms with Crippen LogP contribution in [0.3, 0.4) is 0 Å². The summed E-state index contributed by atoms with van der Waals surface area (Å²) in [4.78, 5) is 23.0. The normalized spacial score (nSPS) is 11.7. The Kier molecular flexibility index (Phi) is 5.98. The van der Waals surface area contributed by atoms with Crippen molar-refractivity contribution in [1.29, 1.82) is 0 Å². The lowest BCUT2D eigenvalue weighted by Gasteiger charge is -2.08. The second kappa shape index (κ2) is 9.26. The van der Waals surface area contributed by atoms with Crippen LogP contribution in [-0.4, -0.2) is 26.8 Å². The van der Waals surface area contributed by atoms with Gasteiger partial charge in [0.1, 0.15) is 16.9 Å². The number of aryl methyl sites for hydroxylation is 2. The summed E-state index contributed by atoms with van der Waals surface area (Å²) in [6, 6.07) is 21.6. The van der Waals surface area contributed by atoms with Crippen LogP contribution in [0.25, 0.3) is 22.2 Å². The largest absolute Gasteiger partial charge is 0.383 e. The smallest absolute Gasteiger partial charge is 0.261 e. The van der Waals surface area contributed by atoms with Gasteiger partial charge in [-0.1, -0.05) is 56.3 Å². The Hall–Kier alpha value is -4.52. The fraction of sp³-hybridized carbons (Fsp3) is 0.172. The van der Waals surface area contributed by atoms with Crippen molar-refractivity contribution in [3.8, 4) is 0 Å². The Morgan fingerprint density at radius 2 is 1.61 bits per heavy atom. The first kappa shape index (κ1) is 23.2. The molecule has 5 aromatic rings. The van der Waals surface area contributed by atoms with Crippen molar-refractivity contribution in [1.82, 2.24) is 14.6 Å². The molecule has 0 saturated carbocycles. The van der Waals surface area contributed by atoms with E-state index in [1.165, 1.54) is 10.2 Å². The van der Waals surface area contributed by atoms with Crippen LogP contribution in [0.1, 0.15) is 52.4 Å². The highest BCUT2D eigenvalue weighted by atomic mass is 16.1. The summed E-state index contributed by atoms with van der Waals surface area (Å²) in [7, 11) is 0. The molecule has 0 radical (unpaired) electrons. The van der Waals surface area contributed by atoms with Gasteiger partial charge in [-0.3, -0.25) is 4.79 Å². The van der Waals surface area contributed by atoms with Crippen LogP contribution < -0.4 is 11.1 Å². The van der Waals surface area contributed by atoms with E-state index in [1.807, 2.05) is 62.4 Å². The Morgan fingerprint density at radius 1 is 0.972 bits per heavy atom. The molecule has 0 fully saturated rings. The molecule has 7 heteroatoms. The monoisotopic (exact) mass is 476 g/mol. The second-order valence-electron chi connectivity index (χ2n) is 9.35. The molecule has 0 spiro atoms. The first-order chi connectivity index (χ1) is 17.3. The number of aromatic nitrogens is 3. The van der Waals surface area contributed by atoms with Crippen LogP contribution in [0.15, 0.2) is 71.8 Å². The first-order valence-electron chi connectivity index (χ1n) is 11.9. The molecule has 7 nitrogen and oxygen atoms in total. The van der Waals surface area contributed by atoms with Gasteiger partial charge >= 0.3 is 0 Å². The van der Waals surface area contributed by atoms with E-state index in [0.29, 0.717) is 33.8 Å². The number of hydrogen-bond acceptors (Lipinski definition) is 5. The number of fused-ring (bicyclic) bond motifs is 2. The molecule has 0 aliphatic carbocycles. The van der Waals surface area contributed by atoms with Crippen LogP contribution in [-0.2, 0) is 0 Å². The van der Waals surface area contributed by atoms with Crippen LogP contribution in [0.5, 0.6) is 0 Å². The molecule has 36 heavy (non-hydrogen) atoms. The van der Waals surface area contributed by atoms with Crippen molar-refractivity contribution in [2.45, 2.75) is 33.6 Å². The maximum Gasteiger partial charge on any atom is 0.261 e. The zero-order chi connectivity index (χ0) is 25.4. The average Bonchev–Trinajstić information content (AvgIpc) is 3.10. The zero-order valence-corrected chi connectivity index (χ0v) is 20.8. The fourth-order valence-electron chi connectivity index (χ4n) is 4.32. The molecular formula is C29H28N6O. The van der Waals surface area contributed by atoms with Gasteiger partial charge < -0.3 is 11.1 Å². The molecule has 3 N–H and O–H groups in total. The molecule has 2 aromatic heterocycles. The van der Waals surface area contributed by atoms with Crippen molar-refractivity contribution < 1.29 is 4.79 Å². The highest BCUT2D eigenvalue weighted by Gasteiger charge is 2.24. The summed E-state index contributed by atoms with van der Waals surface area (Å²) in [6.07, 6.45) is 1.71. The van der Waals surface area contributed by atoms with E-state index in [0.717, 1.165) is 16.7 Å². The molecule has 0 bridgehead atoms. The summed E-state index contributed by atoms with van der Waals surface area (Å²) in [5.41, 5.74) is 13.9. The molecular weight excluding hydrogens is 448 g/mol. The number of rotatable bonds is 5. The van der Waals surface area contributed by atoms with Crippen molar-refractivity contribution in [3.63, 3.8) is 0 Å². The SMILES string of the molecule is Cc1cc(C)cc(NC(=O)c2c(N)n(/N=C/c3ccc(C(C)C)cc3)c3nc4ccccc4nc23)c1. The van der Waals surface area contributed by atoms with E-state index in [-0.39, 0.29) is 17.3 Å². The third kappa shape index (κ3) is 4.43. The predicted molar refractivity (Wildman–Crippen MR) is 147 cm³/mol. The summed E-state index contributed by atoms with van der Waals surface area (Å²) in [6.45, 7) is 8.29. The summed E-state index contributed by atoms with van der Waals surface area (Å²) in [5, 5.41) is 7.58. The molecule has 0 aliphatic rings. The summed E-state index contributed by atoms with van der Waals surface area (Å²) in [5.74, 6) is 0.265. The molecule has 2 heterocycles. The maximum absolute atomic E-state index is 13.5. The zero-order valence-electron chi connectivity index (χ0n) is 20.8. The number of nitrogens with one attached hydrogen (secondary N) is 1. The molecule has 180 valence electrons. The molecule has 0 atom stereocenters. The van der Waals surface area contributed by atoms with E-state index in [9.17, 15) is 4.79 Å². The van der Waals surface area contributed by atoms with Gasteiger partial charge in [-0.2, -0.15) is 9.78 Å². The van der Waals surface area contributed by atoms with Crippen LogP contribution in [0.4, 0.5) is 11.5 Å². The minimum atomic E-state index is -0.359. The third-order valence-electron chi connectivity index (χ3n) is 6.11. The van der Waals surface area contributed by atoms with Crippen LogP contribution >= 0.6 is 0 Å². The average molecular weight is 477 g/mol. The predicted octanol–water partition coefficient (Wildman–Crippen LogP) is 6.04. The Bertz CT molecular complexity index is 1610. The molecule has 3 aromatic carbocycles. The van der Waals surface area contributed by atoms with Gasteiger partial charge in [-0.25, -0.2) is 9.97 Å². The topological polar surface area (TPSA) is 98.2 Å². The minimum absolute atomic E-state index is 0.178. The molecule has 1 amide bonds. The Morgan fingerprint density at radius 3 is 2.25 bits per heavy atom. The third-order valence-corrected chi connectivity index (χ3v) is 6.11. The second-order valence-corrected chi connectivity index (χ2v) is 9.35. The van der Waals surface area contributed by atoms with Gasteiger partial charge in [0, 0.05) is 5.69 Å².